The van der Waals surface area contributed by atoms with Gasteiger partial charge in [-0.15, -0.1) is 6.58 Å². The van der Waals surface area contributed by atoms with Gasteiger partial charge in [0.05, 0.1) is 0 Å². The van der Waals surface area contributed by atoms with Gasteiger partial charge in [0, 0.05) is 0 Å². The van der Waals surface area contributed by atoms with E-state index in [2.05, 4.69) is 148 Å². The van der Waals surface area contributed by atoms with Crippen LogP contribution in [0.5, 0.6) is 0 Å². The highest BCUT2D eigenvalue weighted by Crippen LogP contribution is 2.48. The van der Waals surface area contributed by atoms with E-state index >= 15 is 0 Å². The van der Waals surface area contributed by atoms with Gasteiger partial charge in [0.2, 0.25) is 0 Å². The first kappa shape index (κ1) is 80.2. The Morgan fingerprint density at radius 2 is 0.589 bits per heavy atom. The van der Waals surface area contributed by atoms with Crippen LogP contribution in [-0.2, 0) is 0 Å². The van der Waals surface area contributed by atoms with Gasteiger partial charge in [-0.05, 0) is 364 Å². The largest absolute Gasteiger partial charge is 0.103 e. The second kappa shape index (κ2) is 47.2. The van der Waals surface area contributed by atoms with Crippen molar-refractivity contribution in [1.29, 1.82) is 0 Å². The van der Waals surface area contributed by atoms with Crippen molar-refractivity contribution >= 4 is 0 Å². The lowest BCUT2D eigenvalue weighted by atomic mass is 9.68. The first-order valence-electron chi connectivity index (χ1n) is 43.8. The number of hydrogen-bond acceptors (Lipinski definition) is 0. The van der Waals surface area contributed by atoms with Gasteiger partial charge in [0.15, 0.2) is 0 Å². The maximum Gasteiger partial charge on any atom is -0.0162 e. The molecule has 0 atom stereocenters. The third kappa shape index (κ3) is 29.1. The predicted octanol–water partition coefficient (Wildman–Crippen LogP) is 30.9. The molecule has 0 spiro atoms. The summed E-state index contributed by atoms with van der Waals surface area (Å²) in [6, 6.07) is 9.27. The zero-order chi connectivity index (χ0) is 67.2. The number of allylic oxidation sites excluding steroid dienone is 9. The lowest BCUT2D eigenvalue weighted by molar-refractivity contribution is 0.141. The lowest BCUT2D eigenvalue weighted by Gasteiger charge is -2.38. The summed E-state index contributed by atoms with van der Waals surface area (Å²) < 4.78 is 0. The molecule has 0 saturated heterocycles. The minimum absolute atomic E-state index is 0.810. The summed E-state index contributed by atoms with van der Waals surface area (Å²) in [4.78, 5) is 0. The second-order valence-electron chi connectivity index (χ2n) is 35.2. The van der Waals surface area contributed by atoms with Crippen molar-refractivity contribution in [3.8, 4) is 0 Å². The van der Waals surface area contributed by atoms with Crippen molar-refractivity contribution in [3.05, 3.63) is 96.7 Å². The zero-order valence-corrected chi connectivity index (χ0v) is 65.1. The number of benzene rings is 1. The minimum atomic E-state index is 0.810. The molecular formula is C95H162. The second-order valence-corrected chi connectivity index (χ2v) is 35.2. The Morgan fingerprint density at radius 1 is 0.305 bits per heavy atom. The van der Waals surface area contributed by atoms with E-state index in [-0.39, 0.29) is 0 Å². The highest BCUT2D eigenvalue weighted by Gasteiger charge is 2.35. The van der Waals surface area contributed by atoms with Gasteiger partial charge in [-0.3, -0.25) is 0 Å². The van der Waals surface area contributed by atoms with Gasteiger partial charge in [-0.25, -0.2) is 0 Å². The molecule has 0 aromatic heterocycles. The standard InChI is InChI=1S/C21H30.C20H36.C19H34.C18H32.C17H30/c1-3-17-6-10-19(11-7-17)21-14-12-20(13-15-21)18-8-4-16(2)5-9-18;1-3-5-6-8-18-11-15-20(16-12-18)19-13-9-17(7-4-2)10-14-19;1-3-5-7-17-10-14-19(15-11-17)18-12-8-16(6-4-2)9-13-18;1-3-5-15-7-11-17(12-8-15)18-13-9-16(6-4-2)10-14-18;1-3-5-15-8-12-17(13-9-15)16-10-6-14(4-2)7-11-16/h3-5,8-9,17,19-21H,1,6-7,10-15H2,2H3;3,5,17-20H,4,6-16H2,1-2H3;4,6,16-19H,3,5,7-15H2,1-2H3;3,5,15-18H,4,6-14H2,1-2H3;3,5,14-17H,4,6-13H2,1-2H3/b;5-3+;6-4+;2*5-3+. The molecule has 10 fully saturated rings. The van der Waals surface area contributed by atoms with E-state index in [0.717, 1.165) is 118 Å². The van der Waals surface area contributed by atoms with E-state index in [4.69, 9.17) is 0 Å². The number of aryl methyl sites for hydroxylation is 1. The van der Waals surface area contributed by atoms with Crippen LogP contribution < -0.4 is 0 Å². The number of hydrogen-bond donors (Lipinski definition) is 0. The summed E-state index contributed by atoms with van der Waals surface area (Å²) >= 11 is 0. The smallest absolute Gasteiger partial charge is 0.0162 e. The molecule has 542 valence electrons. The molecule has 1 aromatic carbocycles. The monoisotopic (exact) mass is 1300 g/mol. The predicted molar refractivity (Wildman–Crippen MR) is 423 cm³/mol. The summed E-state index contributed by atoms with van der Waals surface area (Å²) in [6.45, 7) is 24.2. The van der Waals surface area contributed by atoms with Crippen LogP contribution in [0.3, 0.4) is 0 Å². The van der Waals surface area contributed by atoms with Crippen molar-refractivity contribution in [2.24, 2.45) is 112 Å². The van der Waals surface area contributed by atoms with Crippen molar-refractivity contribution < 1.29 is 0 Å². The van der Waals surface area contributed by atoms with E-state index in [1.165, 1.54) is 250 Å². The van der Waals surface area contributed by atoms with Crippen LogP contribution in [0.1, 0.15) is 393 Å². The van der Waals surface area contributed by atoms with E-state index < -0.39 is 0 Å². The number of unbranched alkanes of at least 4 members (excludes halogenated alkanes) is 1. The van der Waals surface area contributed by atoms with Crippen LogP contribution in [-0.4, -0.2) is 0 Å². The lowest BCUT2D eigenvalue weighted by Crippen LogP contribution is -2.25. The van der Waals surface area contributed by atoms with Crippen molar-refractivity contribution in [3.63, 3.8) is 0 Å². The molecule has 0 heterocycles. The van der Waals surface area contributed by atoms with Gasteiger partial charge in [-0.1, -0.05) is 228 Å². The SMILES string of the molecule is C/C=C/C1CCC(C2CCC(CC)CC2)CC1.C/C=C/C1CCC(C2CCC(CCC)CC2)CC1.C/C=C/C1CCC(C2CCC(CCCC)CC2)CC1.C/C=C/CCC1CCC(C2CCC(CCC)CC2)CC1.C=CC1CCC(C2CCC(c3ccc(C)cc3)CC2)CC1. The average Bonchev–Trinajstić information content (AvgIpc) is 1.97. The maximum absolute atomic E-state index is 3.97. The summed E-state index contributed by atoms with van der Waals surface area (Å²) in [6.07, 6.45) is 95.2. The fourth-order valence-electron chi connectivity index (χ4n) is 22.5. The zero-order valence-electron chi connectivity index (χ0n) is 65.1. The van der Waals surface area contributed by atoms with Crippen LogP contribution in [0.4, 0.5) is 0 Å². The van der Waals surface area contributed by atoms with Gasteiger partial charge in [0.1, 0.15) is 0 Å². The van der Waals surface area contributed by atoms with Gasteiger partial charge >= 0.3 is 0 Å². The molecule has 10 aliphatic carbocycles. The van der Waals surface area contributed by atoms with Crippen molar-refractivity contribution in [2.75, 3.05) is 0 Å². The molecule has 0 unspecified atom stereocenters. The molecule has 0 heteroatoms. The molecule has 11 rings (SSSR count). The third-order valence-electron chi connectivity index (χ3n) is 29.0. The molecule has 0 bridgehead atoms. The molecule has 0 radical (unpaired) electrons. The molecule has 0 aliphatic heterocycles. The van der Waals surface area contributed by atoms with Crippen LogP contribution in [0.2, 0.25) is 0 Å². The highest BCUT2D eigenvalue weighted by atomic mass is 14.4. The molecule has 0 nitrogen and oxygen atoms in total. The van der Waals surface area contributed by atoms with Crippen molar-refractivity contribution in [1.82, 2.24) is 0 Å². The number of rotatable bonds is 21. The van der Waals surface area contributed by atoms with Gasteiger partial charge in [0.25, 0.3) is 0 Å². The Labute approximate surface area is 594 Å². The molecule has 0 amide bonds. The first-order chi connectivity index (χ1) is 46.6. The molecule has 0 N–H and O–H groups in total. The fourth-order valence-corrected chi connectivity index (χ4v) is 22.5. The van der Waals surface area contributed by atoms with E-state index in [1.54, 1.807) is 82.6 Å². The van der Waals surface area contributed by atoms with Crippen LogP contribution >= 0.6 is 0 Å². The quantitative estimate of drug-likeness (QED) is 0.108. The molecule has 10 aliphatic rings. The fraction of sp³-hybridized carbons (Fsp3) is 0.832. The Bertz CT molecular complexity index is 2120. The topological polar surface area (TPSA) is 0 Å². The van der Waals surface area contributed by atoms with Gasteiger partial charge in [-0.2, -0.15) is 0 Å². The Kier molecular flexibility index (Phi) is 39.8. The average molecular weight is 1300 g/mol. The molecule has 1 aromatic rings. The summed E-state index contributed by atoms with van der Waals surface area (Å²) in [7, 11) is 0. The normalized spacial score (nSPS) is 36.6. The first-order valence-corrected chi connectivity index (χ1v) is 43.8. The Hall–Kier alpha value is -2.08. The van der Waals surface area contributed by atoms with Gasteiger partial charge < -0.3 is 0 Å². The highest BCUT2D eigenvalue weighted by molar-refractivity contribution is 5.25. The van der Waals surface area contributed by atoms with Crippen LogP contribution in [0.15, 0.2) is 85.5 Å². The summed E-state index contributed by atoms with van der Waals surface area (Å²) in [5, 5.41) is 0. The molecule has 95 heavy (non-hydrogen) atoms. The minimum Gasteiger partial charge on any atom is -0.103 e. The van der Waals surface area contributed by atoms with Crippen molar-refractivity contribution in [2.45, 2.75) is 389 Å². The molecule has 10 saturated carbocycles. The Balaban J connectivity index is 0.000000168. The van der Waals surface area contributed by atoms with E-state index in [0.29, 0.717) is 0 Å². The third-order valence-corrected chi connectivity index (χ3v) is 29.0. The summed E-state index contributed by atoms with van der Waals surface area (Å²) in [5.74, 6) is 20.4. The maximum atomic E-state index is 3.97. The molecular weight excluding hydrogens is 1140 g/mol. The van der Waals surface area contributed by atoms with Crippen LogP contribution in [0.25, 0.3) is 0 Å². The van der Waals surface area contributed by atoms with Crippen LogP contribution in [0, 0.1) is 119 Å². The summed E-state index contributed by atoms with van der Waals surface area (Å²) in [5.41, 5.74) is 2.96. The van der Waals surface area contributed by atoms with E-state index in [9.17, 15) is 0 Å². The van der Waals surface area contributed by atoms with E-state index in [1.807, 2.05) is 0 Å². The Morgan fingerprint density at radius 3 is 0.874 bits per heavy atom.